The number of hydrogen-bond acceptors (Lipinski definition) is 15. The maximum absolute atomic E-state index is 6.30. The van der Waals surface area contributed by atoms with Crippen LogP contribution in [0, 0.1) is 0 Å². The second-order valence-corrected chi connectivity index (χ2v) is 33.6. The van der Waals surface area contributed by atoms with Gasteiger partial charge in [0, 0.05) is 97.4 Å². The lowest BCUT2D eigenvalue weighted by Gasteiger charge is -2.12. The number of rotatable bonds is 12. The minimum Gasteiger partial charge on any atom is -0.456 e. The smallest absolute Gasteiger partial charge is 0.227 e. The van der Waals surface area contributed by atoms with Gasteiger partial charge in [-0.15, -0.1) is 11.3 Å². The number of thiophene rings is 1. The third-order valence-corrected chi connectivity index (χ3v) is 25.6. The van der Waals surface area contributed by atoms with E-state index in [0.29, 0.717) is 17.7 Å². The number of aromatic nitrogens is 9. The number of furan rings is 2. The highest BCUT2D eigenvalue weighted by Crippen LogP contribution is 2.45. The summed E-state index contributed by atoms with van der Waals surface area (Å²) in [6, 6.07) is 142. The standard InChI is InChI=1S/2C39H23N3O2.C39H23N3OS/c1-5-14-34-29(8-1)30-10-7-9-28(38(30)43-34)24-16-18-25(19-17-24)36-37(41-32-12-3-2-11-31(32)40-36)26-20-22-27(23-21-26)39-42-33-13-4-6-15-35(33)44-39;1-5-11-34-29(7-1)30-23-28(21-22-35(30)43-34)24-13-15-25(16-14-24)37-38(41-32-9-3-2-8-31(32)40-37)26-17-19-27(20-18-26)39-42-33-10-4-6-12-36(33)44-39;1-6-15-35-29(8-1)30-10-7-9-28(38(30)44-35)24-16-18-25(19-17-24)36-37(41-32-12-3-2-11-31(32)40-36)26-20-22-27(23-21-26)39-42-33-13-4-5-14-34(33)43-39/h3*1-23H. The van der Waals surface area contributed by atoms with Crippen LogP contribution in [0.4, 0.5) is 0 Å². The van der Waals surface area contributed by atoms with Crippen molar-refractivity contribution in [2.75, 3.05) is 0 Å². The molecule has 0 aliphatic rings. The molecule has 18 aromatic carbocycles. The molecule has 0 saturated heterocycles. The maximum atomic E-state index is 6.30. The van der Waals surface area contributed by atoms with Gasteiger partial charge in [-0.25, -0.2) is 44.9 Å². The van der Waals surface area contributed by atoms with E-state index in [4.69, 9.17) is 52.0 Å². The fourth-order valence-corrected chi connectivity index (χ4v) is 19.0. The van der Waals surface area contributed by atoms with E-state index in [0.717, 1.165) is 217 Å². The lowest BCUT2D eigenvalue weighted by Crippen LogP contribution is -1.95. The zero-order chi connectivity index (χ0) is 87.1. The lowest BCUT2D eigenvalue weighted by molar-refractivity contribution is 0.619. The molecule has 27 aromatic rings. The van der Waals surface area contributed by atoms with Crippen molar-refractivity contribution in [1.29, 1.82) is 0 Å². The van der Waals surface area contributed by atoms with E-state index in [9.17, 15) is 0 Å². The Morgan fingerprint density at radius 1 is 0.159 bits per heavy atom. The summed E-state index contributed by atoms with van der Waals surface area (Å²) in [5.41, 5.74) is 34.1. The van der Waals surface area contributed by atoms with Crippen LogP contribution in [0.1, 0.15) is 0 Å². The quantitative estimate of drug-likeness (QED) is 0.113. The topological polar surface area (TPSA) is 182 Å². The van der Waals surface area contributed by atoms with Crippen LogP contribution >= 0.6 is 11.3 Å². The van der Waals surface area contributed by atoms with Crippen molar-refractivity contribution in [2.45, 2.75) is 0 Å². The van der Waals surface area contributed by atoms with Crippen molar-refractivity contribution in [3.05, 3.63) is 419 Å². The molecule has 0 bridgehead atoms. The fourth-order valence-electron chi connectivity index (χ4n) is 17.8. The largest absolute Gasteiger partial charge is 0.456 e. The van der Waals surface area contributed by atoms with Crippen LogP contribution in [0.2, 0.25) is 0 Å². The molecule has 0 aliphatic heterocycles. The Morgan fingerprint density at radius 3 is 0.841 bits per heavy atom. The normalized spacial score (nSPS) is 11.6. The summed E-state index contributed by atoms with van der Waals surface area (Å²) in [5, 5.41) is 7.09. The monoisotopic (exact) mass is 1710 g/mol. The average molecular weight is 1710 g/mol. The van der Waals surface area contributed by atoms with Crippen molar-refractivity contribution >= 4 is 142 Å². The Labute approximate surface area is 757 Å². The van der Waals surface area contributed by atoms with Crippen LogP contribution in [0.5, 0.6) is 0 Å². The van der Waals surface area contributed by atoms with Crippen LogP contribution in [-0.4, -0.2) is 44.9 Å². The van der Waals surface area contributed by atoms with Crippen LogP contribution in [0.15, 0.2) is 441 Å². The molecule has 0 unspecified atom stereocenters. The van der Waals surface area contributed by atoms with Gasteiger partial charge in [-0.2, -0.15) is 0 Å². The summed E-state index contributed by atoms with van der Waals surface area (Å²) in [7, 11) is 0. The highest BCUT2D eigenvalue weighted by molar-refractivity contribution is 7.26. The molecule has 0 radical (unpaired) electrons. The minimum atomic E-state index is 0.595. The van der Waals surface area contributed by atoms with Crippen LogP contribution in [0.25, 0.3) is 266 Å². The highest BCUT2D eigenvalue weighted by Gasteiger charge is 2.23. The molecule has 0 fully saturated rings. The van der Waals surface area contributed by atoms with Gasteiger partial charge in [0.05, 0.1) is 67.3 Å². The Hall–Kier alpha value is -17.8. The number of fused-ring (bicyclic) bond motifs is 15. The molecule has 9 aromatic heterocycles. The van der Waals surface area contributed by atoms with E-state index in [1.54, 1.807) is 0 Å². The molecule has 0 amide bonds. The summed E-state index contributed by atoms with van der Waals surface area (Å²) in [5.74, 6) is 1.80. The third kappa shape index (κ3) is 14.1. The van der Waals surface area contributed by atoms with Gasteiger partial charge in [-0.1, -0.05) is 279 Å². The molecule has 618 valence electrons. The van der Waals surface area contributed by atoms with Crippen molar-refractivity contribution < 1.29 is 22.1 Å². The number of benzene rings is 18. The molecule has 0 saturated carbocycles. The van der Waals surface area contributed by atoms with Crippen LogP contribution in [-0.2, 0) is 0 Å². The molecule has 0 spiro atoms. The molecular formula is C117H69N9O5S. The molecule has 9 heterocycles. The van der Waals surface area contributed by atoms with Gasteiger partial charge < -0.3 is 22.1 Å². The number of nitrogens with zero attached hydrogens (tertiary/aromatic N) is 9. The van der Waals surface area contributed by atoms with E-state index in [-0.39, 0.29) is 0 Å². The van der Waals surface area contributed by atoms with Gasteiger partial charge >= 0.3 is 0 Å². The molecule has 0 atom stereocenters. The minimum absolute atomic E-state index is 0.595. The van der Waals surface area contributed by atoms with Gasteiger partial charge in [-0.3, -0.25) is 0 Å². The first-order chi connectivity index (χ1) is 65.3. The van der Waals surface area contributed by atoms with Gasteiger partial charge in [0.2, 0.25) is 17.7 Å². The second-order valence-electron chi connectivity index (χ2n) is 32.5. The Kier molecular flexibility index (Phi) is 18.7. The SMILES string of the molecule is c1ccc2nc(-c3ccc(-c4cccc5c4oc4ccccc45)cc3)c(-c3ccc(-c4nc5ccccc5o4)cc3)nc2c1.c1ccc2nc(-c3ccc(-c4cccc5c4sc4ccccc45)cc3)c(-c3ccc(-c4nc5ccccc5o4)cc3)nc2c1.c1ccc2nc(-c3ccc(-c4nc5ccccc5o4)cc3)c(-c3ccc(-c4ccc5oc6ccccc6c5c4)cc3)nc2c1. The first kappa shape index (κ1) is 76.6. The summed E-state index contributed by atoms with van der Waals surface area (Å²) in [4.78, 5) is 44.6. The number of oxazole rings is 3. The number of hydrogen-bond donors (Lipinski definition) is 0. The maximum Gasteiger partial charge on any atom is 0.227 e. The summed E-state index contributed by atoms with van der Waals surface area (Å²) in [6.07, 6.45) is 0. The molecule has 27 rings (SSSR count). The molecule has 132 heavy (non-hydrogen) atoms. The highest BCUT2D eigenvalue weighted by atomic mass is 32.1. The zero-order valence-corrected chi connectivity index (χ0v) is 71.1. The van der Waals surface area contributed by atoms with E-state index in [2.05, 4.69) is 215 Å². The first-order valence-corrected chi connectivity index (χ1v) is 44.4. The Bertz CT molecular complexity index is 8690. The molecular weight excluding hydrogens is 1640 g/mol. The summed E-state index contributed by atoms with van der Waals surface area (Å²) in [6.45, 7) is 0. The molecule has 15 heteroatoms. The Morgan fingerprint density at radius 2 is 0.439 bits per heavy atom. The first-order valence-electron chi connectivity index (χ1n) is 43.6. The van der Waals surface area contributed by atoms with Crippen LogP contribution in [0.3, 0.4) is 0 Å². The summed E-state index contributed by atoms with van der Waals surface area (Å²) < 4.78 is 33.0. The van der Waals surface area contributed by atoms with Gasteiger partial charge in [0.15, 0.2) is 16.7 Å². The van der Waals surface area contributed by atoms with E-state index in [1.807, 2.05) is 230 Å². The lowest BCUT2D eigenvalue weighted by atomic mass is 9.98. The number of para-hydroxylation sites is 15. The Balaban J connectivity index is 0.000000106. The summed E-state index contributed by atoms with van der Waals surface area (Å²) >= 11 is 1.85. The second kappa shape index (κ2) is 32.3. The van der Waals surface area contributed by atoms with Crippen molar-refractivity contribution in [2.24, 2.45) is 0 Å². The predicted molar refractivity (Wildman–Crippen MR) is 534 cm³/mol. The zero-order valence-electron chi connectivity index (χ0n) is 70.3. The van der Waals surface area contributed by atoms with Crippen molar-refractivity contribution in [1.82, 2.24) is 44.9 Å². The van der Waals surface area contributed by atoms with Crippen molar-refractivity contribution in [3.8, 4) is 135 Å². The van der Waals surface area contributed by atoms with E-state index < -0.39 is 0 Å². The van der Waals surface area contributed by atoms with Gasteiger partial charge in [0.1, 0.15) is 38.9 Å². The molecule has 0 aliphatic carbocycles. The van der Waals surface area contributed by atoms with E-state index >= 15 is 0 Å². The van der Waals surface area contributed by atoms with E-state index in [1.165, 1.54) is 31.3 Å². The molecule has 0 N–H and O–H groups in total. The van der Waals surface area contributed by atoms with Crippen molar-refractivity contribution in [3.63, 3.8) is 0 Å². The van der Waals surface area contributed by atoms with Gasteiger partial charge in [0.25, 0.3) is 0 Å². The third-order valence-electron chi connectivity index (χ3n) is 24.4. The predicted octanol–water partition coefficient (Wildman–Crippen LogP) is 31.5. The van der Waals surface area contributed by atoms with Gasteiger partial charge in [-0.05, 0) is 167 Å². The van der Waals surface area contributed by atoms with Crippen LogP contribution < -0.4 is 0 Å². The molecule has 14 nitrogen and oxygen atoms in total. The fraction of sp³-hybridized carbons (Fsp3) is 0. The average Bonchev–Trinajstić information content (AvgIpc) is 1.79.